The molecule has 1 amide bonds. The molecule has 0 aliphatic rings. The Labute approximate surface area is 111 Å². The van der Waals surface area contributed by atoms with Gasteiger partial charge in [-0.1, -0.05) is 6.07 Å². The second kappa shape index (κ2) is 4.97. The summed E-state index contributed by atoms with van der Waals surface area (Å²) in [6.45, 7) is 3.72. The molecule has 0 spiro atoms. The Bertz CT molecular complexity index is 639. The minimum Gasteiger partial charge on any atom is -0.505 e. The van der Waals surface area contributed by atoms with E-state index in [0.717, 1.165) is 11.1 Å². The molecule has 2 aromatic rings. The van der Waals surface area contributed by atoms with Crippen molar-refractivity contribution in [2.45, 2.75) is 13.8 Å². The molecule has 0 aliphatic carbocycles. The van der Waals surface area contributed by atoms with Gasteiger partial charge in [0.15, 0.2) is 0 Å². The molecular formula is C14H15N3O2. The summed E-state index contributed by atoms with van der Waals surface area (Å²) >= 11 is 0. The Balaban J connectivity index is 2.35. The lowest BCUT2D eigenvalue weighted by Gasteiger charge is -2.13. The second-order valence-corrected chi connectivity index (χ2v) is 4.32. The Hall–Kier alpha value is -2.56. The van der Waals surface area contributed by atoms with Crippen LogP contribution in [0, 0.1) is 13.8 Å². The maximum atomic E-state index is 12.1. The Kier molecular flexibility index (Phi) is 3.37. The zero-order chi connectivity index (χ0) is 14.0. The van der Waals surface area contributed by atoms with Gasteiger partial charge in [0, 0.05) is 17.6 Å². The molecule has 0 fully saturated rings. The Morgan fingerprint density at radius 3 is 2.74 bits per heavy atom. The minimum atomic E-state index is -0.392. The smallest absolute Gasteiger partial charge is 0.259 e. The molecule has 0 bridgehead atoms. The van der Waals surface area contributed by atoms with Gasteiger partial charge in [0.1, 0.15) is 5.75 Å². The first kappa shape index (κ1) is 12.9. The summed E-state index contributed by atoms with van der Waals surface area (Å²) in [6.07, 6.45) is 2.68. The Morgan fingerprint density at radius 2 is 2.05 bits per heavy atom. The molecule has 5 heteroatoms. The number of nitrogens with two attached hydrogens (primary N) is 1. The summed E-state index contributed by atoms with van der Waals surface area (Å²) in [5.74, 6) is -0.545. The molecule has 1 aromatic heterocycles. The van der Waals surface area contributed by atoms with Crippen molar-refractivity contribution in [2.24, 2.45) is 0 Å². The van der Waals surface area contributed by atoms with Gasteiger partial charge in [0.25, 0.3) is 5.91 Å². The number of carbonyl (C=O) groups excluding carboxylic acids is 1. The predicted molar refractivity (Wildman–Crippen MR) is 74.2 cm³/mol. The van der Waals surface area contributed by atoms with Crippen LogP contribution in [0.1, 0.15) is 21.5 Å². The normalized spacial score (nSPS) is 10.2. The van der Waals surface area contributed by atoms with E-state index in [1.54, 1.807) is 6.07 Å². The number of hydrogen-bond acceptors (Lipinski definition) is 4. The molecule has 0 saturated heterocycles. The summed E-state index contributed by atoms with van der Waals surface area (Å²) in [7, 11) is 0. The third-order valence-electron chi connectivity index (χ3n) is 3.00. The van der Waals surface area contributed by atoms with Crippen molar-refractivity contribution in [1.82, 2.24) is 4.98 Å². The number of rotatable bonds is 2. The number of nitrogens with one attached hydrogen (secondary N) is 1. The largest absolute Gasteiger partial charge is 0.505 e. The van der Waals surface area contributed by atoms with Gasteiger partial charge in [-0.3, -0.25) is 9.78 Å². The fourth-order valence-corrected chi connectivity index (χ4v) is 1.81. The summed E-state index contributed by atoms with van der Waals surface area (Å²) in [5.41, 5.74) is 9.00. The fraction of sp³-hybridized carbons (Fsp3) is 0.143. The van der Waals surface area contributed by atoms with Crippen molar-refractivity contribution >= 4 is 17.3 Å². The molecule has 19 heavy (non-hydrogen) atoms. The summed E-state index contributed by atoms with van der Waals surface area (Å²) < 4.78 is 0. The highest BCUT2D eigenvalue weighted by molar-refractivity contribution is 6.07. The van der Waals surface area contributed by atoms with Gasteiger partial charge in [-0.2, -0.15) is 0 Å². The van der Waals surface area contributed by atoms with Crippen LogP contribution in [0.2, 0.25) is 0 Å². The molecule has 5 nitrogen and oxygen atoms in total. The number of nitrogens with zero attached hydrogens (tertiary/aromatic N) is 1. The van der Waals surface area contributed by atoms with E-state index >= 15 is 0 Å². The van der Waals surface area contributed by atoms with Crippen molar-refractivity contribution in [2.75, 3.05) is 11.1 Å². The second-order valence-electron chi connectivity index (χ2n) is 4.32. The quantitative estimate of drug-likeness (QED) is 0.720. The van der Waals surface area contributed by atoms with Crippen LogP contribution in [0.3, 0.4) is 0 Å². The lowest BCUT2D eigenvalue weighted by molar-refractivity contribution is 0.102. The van der Waals surface area contributed by atoms with Gasteiger partial charge >= 0.3 is 0 Å². The van der Waals surface area contributed by atoms with Crippen LogP contribution in [-0.2, 0) is 0 Å². The van der Waals surface area contributed by atoms with E-state index in [1.807, 2.05) is 19.9 Å². The topological polar surface area (TPSA) is 88.2 Å². The van der Waals surface area contributed by atoms with Crippen LogP contribution >= 0.6 is 0 Å². The zero-order valence-corrected chi connectivity index (χ0v) is 10.8. The van der Waals surface area contributed by atoms with Crippen LogP contribution in [0.25, 0.3) is 0 Å². The van der Waals surface area contributed by atoms with Crippen molar-refractivity contribution in [3.63, 3.8) is 0 Å². The predicted octanol–water partition coefficient (Wildman–Crippen LogP) is 2.24. The van der Waals surface area contributed by atoms with Crippen molar-refractivity contribution in [3.8, 4) is 5.75 Å². The monoisotopic (exact) mass is 257 g/mol. The van der Waals surface area contributed by atoms with E-state index in [4.69, 9.17) is 5.73 Å². The lowest BCUT2D eigenvalue weighted by Crippen LogP contribution is -2.14. The van der Waals surface area contributed by atoms with Gasteiger partial charge < -0.3 is 16.2 Å². The van der Waals surface area contributed by atoms with E-state index in [9.17, 15) is 9.90 Å². The highest BCUT2D eigenvalue weighted by Crippen LogP contribution is 2.26. The molecule has 0 aliphatic heterocycles. The summed E-state index contributed by atoms with van der Waals surface area (Å²) in [4.78, 5) is 15.8. The van der Waals surface area contributed by atoms with Crippen molar-refractivity contribution in [1.29, 1.82) is 0 Å². The third kappa shape index (κ3) is 2.49. The molecule has 4 N–H and O–H groups in total. The SMILES string of the molecule is Cc1ccc(N)c(C)c1NC(=O)c1ccncc1O. The minimum absolute atomic E-state index is 0.154. The number of aromatic hydroxyl groups is 1. The average Bonchev–Trinajstić information content (AvgIpc) is 2.39. The molecule has 98 valence electrons. The molecule has 0 radical (unpaired) electrons. The van der Waals surface area contributed by atoms with Crippen LogP contribution in [0.15, 0.2) is 30.6 Å². The van der Waals surface area contributed by atoms with Gasteiger partial charge in [0.2, 0.25) is 0 Å². The van der Waals surface area contributed by atoms with Gasteiger partial charge in [-0.25, -0.2) is 0 Å². The zero-order valence-electron chi connectivity index (χ0n) is 10.8. The molecular weight excluding hydrogens is 242 g/mol. The van der Waals surface area contributed by atoms with E-state index in [2.05, 4.69) is 10.3 Å². The van der Waals surface area contributed by atoms with Gasteiger partial charge in [-0.05, 0) is 37.1 Å². The number of hydrogen-bond donors (Lipinski definition) is 3. The third-order valence-corrected chi connectivity index (χ3v) is 3.00. The highest BCUT2D eigenvalue weighted by atomic mass is 16.3. The van der Waals surface area contributed by atoms with E-state index in [0.29, 0.717) is 11.4 Å². The first-order valence-corrected chi connectivity index (χ1v) is 5.80. The molecule has 0 unspecified atom stereocenters. The molecule has 2 rings (SSSR count). The number of anilines is 2. The van der Waals surface area contributed by atoms with E-state index in [1.165, 1.54) is 18.5 Å². The number of aromatic nitrogens is 1. The lowest BCUT2D eigenvalue weighted by atomic mass is 10.1. The van der Waals surface area contributed by atoms with Gasteiger partial charge in [-0.15, -0.1) is 0 Å². The number of carbonyl (C=O) groups is 1. The van der Waals surface area contributed by atoms with Crippen LogP contribution in [0.5, 0.6) is 5.75 Å². The molecule has 1 heterocycles. The maximum absolute atomic E-state index is 12.1. The molecule has 1 aromatic carbocycles. The van der Waals surface area contributed by atoms with Gasteiger partial charge in [0.05, 0.1) is 11.8 Å². The first-order chi connectivity index (χ1) is 9.00. The molecule has 0 atom stereocenters. The van der Waals surface area contributed by atoms with Crippen LogP contribution in [0.4, 0.5) is 11.4 Å². The first-order valence-electron chi connectivity index (χ1n) is 5.80. The molecule has 0 saturated carbocycles. The number of amides is 1. The summed E-state index contributed by atoms with van der Waals surface area (Å²) in [5, 5.41) is 12.4. The van der Waals surface area contributed by atoms with E-state index in [-0.39, 0.29) is 11.3 Å². The number of pyridine rings is 1. The summed E-state index contributed by atoms with van der Waals surface area (Å²) in [6, 6.07) is 5.09. The van der Waals surface area contributed by atoms with Crippen LogP contribution in [-0.4, -0.2) is 16.0 Å². The van der Waals surface area contributed by atoms with Crippen molar-refractivity contribution < 1.29 is 9.90 Å². The van der Waals surface area contributed by atoms with Crippen molar-refractivity contribution in [3.05, 3.63) is 47.3 Å². The van der Waals surface area contributed by atoms with Crippen LogP contribution < -0.4 is 11.1 Å². The highest BCUT2D eigenvalue weighted by Gasteiger charge is 2.14. The average molecular weight is 257 g/mol. The maximum Gasteiger partial charge on any atom is 0.259 e. The number of benzene rings is 1. The Morgan fingerprint density at radius 1 is 1.32 bits per heavy atom. The number of aryl methyl sites for hydroxylation is 1. The standard InChI is InChI=1S/C14H15N3O2/c1-8-3-4-11(15)9(2)13(8)17-14(19)10-5-6-16-7-12(10)18/h3-7,18H,15H2,1-2H3,(H,17,19). The fourth-order valence-electron chi connectivity index (χ4n) is 1.81. The number of nitrogen functional groups attached to an aromatic ring is 1. The van der Waals surface area contributed by atoms with E-state index < -0.39 is 5.91 Å².